The number of halogens is 1. The molecule has 2 saturated heterocycles. The van der Waals surface area contributed by atoms with Crippen LogP contribution >= 0.6 is 27.3 Å². The van der Waals surface area contributed by atoms with E-state index in [-0.39, 0.29) is 11.8 Å². The number of hydrogen-bond donors (Lipinski definition) is 0. The molecule has 0 unspecified atom stereocenters. The fourth-order valence-corrected chi connectivity index (χ4v) is 4.53. The van der Waals surface area contributed by atoms with Gasteiger partial charge in [-0.25, -0.2) is 4.98 Å². The van der Waals surface area contributed by atoms with Crippen molar-refractivity contribution in [1.82, 2.24) is 19.7 Å². The first-order valence-corrected chi connectivity index (χ1v) is 10.8. The topological polar surface area (TPSA) is 66.0 Å². The molecule has 4 rings (SSSR count). The van der Waals surface area contributed by atoms with Crippen LogP contribution in [0.5, 0.6) is 5.75 Å². The van der Waals surface area contributed by atoms with E-state index in [1.54, 1.807) is 24.1 Å². The minimum atomic E-state index is 0.00972. The van der Waals surface area contributed by atoms with E-state index in [4.69, 9.17) is 4.74 Å². The van der Waals surface area contributed by atoms with Gasteiger partial charge in [0.25, 0.3) is 11.8 Å². The van der Waals surface area contributed by atoms with Crippen molar-refractivity contribution in [3.8, 4) is 5.75 Å². The van der Waals surface area contributed by atoms with Crippen LogP contribution in [0.1, 0.15) is 20.8 Å². The van der Waals surface area contributed by atoms with Crippen LogP contribution < -0.4 is 4.74 Å². The Morgan fingerprint density at radius 1 is 1.14 bits per heavy atom. The number of aromatic nitrogens is 1. The van der Waals surface area contributed by atoms with E-state index in [9.17, 15) is 9.59 Å². The molecular formula is C19H21BrN4O3S. The average molecular weight is 465 g/mol. The number of benzene rings is 1. The standard InChI is InChI=1S/C19H21BrN4O3S/c1-27-17-8-13(2-3-15(17)20)18(25)24-9-14(10-24)22-4-6-23(7-5-22)19(26)16-11-28-12-21-16/h2-3,8,11-12,14H,4-7,9-10H2,1H3. The molecule has 0 spiro atoms. The summed E-state index contributed by atoms with van der Waals surface area (Å²) in [6, 6.07) is 5.77. The number of piperazine rings is 1. The molecule has 0 aliphatic carbocycles. The summed E-state index contributed by atoms with van der Waals surface area (Å²) < 4.78 is 6.11. The predicted molar refractivity (Wildman–Crippen MR) is 110 cm³/mol. The van der Waals surface area contributed by atoms with Gasteiger partial charge in [0.15, 0.2) is 0 Å². The molecule has 0 atom stereocenters. The van der Waals surface area contributed by atoms with Gasteiger partial charge in [0.05, 0.1) is 17.1 Å². The second kappa shape index (κ2) is 8.18. The van der Waals surface area contributed by atoms with Crippen LogP contribution in [0.3, 0.4) is 0 Å². The van der Waals surface area contributed by atoms with E-state index < -0.39 is 0 Å². The van der Waals surface area contributed by atoms with Gasteiger partial charge in [-0.05, 0) is 34.1 Å². The largest absolute Gasteiger partial charge is 0.496 e. The number of ether oxygens (including phenoxy) is 1. The van der Waals surface area contributed by atoms with Crippen LogP contribution in [0, 0.1) is 0 Å². The van der Waals surface area contributed by atoms with Gasteiger partial charge in [-0.1, -0.05) is 0 Å². The van der Waals surface area contributed by atoms with E-state index in [0.717, 1.165) is 30.7 Å². The highest BCUT2D eigenvalue weighted by molar-refractivity contribution is 9.10. The number of hydrogen-bond acceptors (Lipinski definition) is 6. The Hall–Kier alpha value is -1.97. The lowest BCUT2D eigenvalue weighted by Gasteiger charge is -2.48. The Kier molecular flexibility index (Phi) is 5.65. The number of carbonyl (C=O) groups is 2. The number of amides is 2. The highest BCUT2D eigenvalue weighted by Gasteiger charge is 2.37. The maximum atomic E-state index is 12.7. The molecule has 7 nitrogen and oxygen atoms in total. The Morgan fingerprint density at radius 2 is 1.89 bits per heavy atom. The van der Waals surface area contributed by atoms with Crippen molar-refractivity contribution in [1.29, 1.82) is 0 Å². The summed E-state index contributed by atoms with van der Waals surface area (Å²) >= 11 is 4.85. The van der Waals surface area contributed by atoms with E-state index in [2.05, 4.69) is 25.8 Å². The normalized spacial score (nSPS) is 18.1. The summed E-state index contributed by atoms with van der Waals surface area (Å²) in [5, 5.41) is 1.79. The molecule has 1 aromatic carbocycles. The van der Waals surface area contributed by atoms with Crippen molar-refractivity contribution in [2.75, 3.05) is 46.4 Å². The predicted octanol–water partition coefficient (Wildman–Crippen LogP) is 2.20. The van der Waals surface area contributed by atoms with Crippen LogP contribution in [-0.4, -0.2) is 83.9 Å². The van der Waals surface area contributed by atoms with Gasteiger partial charge < -0.3 is 14.5 Å². The molecule has 0 bridgehead atoms. The molecule has 2 aliphatic rings. The summed E-state index contributed by atoms with van der Waals surface area (Å²) in [5.41, 5.74) is 2.85. The molecule has 1 aromatic heterocycles. The number of likely N-dealkylation sites (tertiary alicyclic amines) is 1. The van der Waals surface area contributed by atoms with Gasteiger partial charge in [0, 0.05) is 56.3 Å². The van der Waals surface area contributed by atoms with Crippen molar-refractivity contribution >= 4 is 39.1 Å². The molecule has 3 heterocycles. The maximum absolute atomic E-state index is 12.7. The molecule has 2 amide bonds. The molecular weight excluding hydrogens is 444 g/mol. The monoisotopic (exact) mass is 464 g/mol. The third-order valence-corrected chi connectivity index (χ3v) is 6.56. The van der Waals surface area contributed by atoms with Crippen molar-refractivity contribution in [3.05, 3.63) is 44.8 Å². The Balaban J connectivity index is 1.28. The third kappa shape index (κ3) is 3.78. The zero-order chi connectivity index (χ0) is 19.7. The highest BCUT2D eigenvalue weighted by Crippen LogP contribution is 2.27. The second-order valence-corrected chi connectivity index (χ2v) is 8.49. The lowest BCUT2D eigenvalue weighted by Crippen LogP contribution is -2.64. The Labute approximate surface area is 176 Å². The molecule has 28 heavy (non-hydrogen) atoms. The summed E-state index contributed by atoms with van der Waals surface area (Å²) in [6.45, 7) is 4.49. The van der Waals surface area contributed by atoms with E-state index in [1.165, 1.54) is 11.3 Å². The number of thiazole rings is 1. The first-order chi connectivity index (χ1) is 13.6. The molecule has 0 saturated carbocycles. The lowest BCUT2D eigenvalue weighted by molar-refractivity contribution is 0.00842. The first kappa shape index (κ1) is 19.4. The van der Waals surface area contributed by atoms with E-state index in [0.29, 0.717) is 36.1 Å². The minimum absolute atomic E-state index is 0.00972. The van der Waals surface area contributed by atoms with Crippen molar-refractivity contribution in [3.63, 3.8) is 0 Å². The van der Waals surface area contributed by atoms with Gasteiger partial charge in [-0.3, -0.25) is 14.5 Å². The number of rotatable bonds is 4. The summed E-state index contributed by atoms with van der Waals surface area (Å²) in [6.07, 6.45) is 0. The maximum Gasteiger partial charge on any atom is 0.273 e. The average Bonchev–Trinajstić information content (AvgIpc) is 3.22. The minimum Gasteiger partial charge on any atom is -0.496 e. The Morgan fingerprint density at radius 3 is 2.54 bits per heavy atom. The molecule has 0 N–H and O–H groups in total. The van der Waals surface area contributed by atoms with Gasteiger partial charge in [-0.15, -0.1) is 11.3 Å². The van der Waals surface area contributed by atoms with Crippen LogP contribution in [0.25, 0.3) is 0 Å². The SMILES string of the molecule is COc1cc(C(=O)N2CC(N3CCN(C(=O)c4cscn4)CC3)C2)ccc1Br. The molecule has 9 heteroatoms. The number of nitrogens with zero attached hydrogens (tertiary/aromatic N) is 4. The summed E-state index contributed by atoms with van der Waals surface area (Å²) in [5.74, 6) is 0.693. The van der Waals surface area contributed by atoms with Crippen LogP contribution in [0.15, 0.2) is 33.6 Å². The van der Waals surface area contributed by atoms with Gasteiger partial charge in [-0.2, -0.15) is 0 Å². The summed E-state index contributed by atoms with van der Waals surface area (Å²) in [4.78, 5) is 35.3. The Bertz CT molecular complexity index is 862. The van der Waals surface area contributed by atoms with Gasteiger partial charge in [0.1, 0.15) is 11.4 Å². The van der Waals surface area contributed by atoms with Crippen LogP contribution in [-0.2, 0) is 0 Å². The molecule has 2 aliphatic heterocycles. The smallest absolute Gasteiger partial charge is 0.273 e. The van der Waals surface area contributed by atoms with E-state index in [1.807, 2.05) is 21.9 Å². The molecule has 0 radical (unpaired) electrons. The van der Waals surface area contributed by atoms with Gasteiger partial charge in [0.2, 0.25) is 0 Å². The molecule has 2 fully saturated rings. The highest BCUT2D eigenvalue weighted by atomic mass is 79.9. The van der Waals surface area contributed by atoms with Crippen LogP contribution in [0.4, 0.5) is 0 Å². The van der Waals surface area contributed by atoms with Crippen molar-refractivity contribution in [2.45, 2.75) is 6.04 Å². The first-order valence-electron chi connectivity index (χ1n) is 9.11. The van der Waals surface area contributed by atoms with Gasteiger partial charge >= 0.3 is 0 Å². The zero-order valence-electron chi connectivity index (χ0n) is 15.5. The van der Waals surface area contributed by atoms with E-state index >= 15 is 0 Å². The molecule has 148 valence electrons. The summed E-state index contributed by atoms with van der Waals surface area (Å²) in [7, 11) is 1.59. The fraction of sp³-hybridized carbons (Fsp3) is 0.421. The quantitative estimate of drug-likeness (QED) is 0.693. The lowest BCUT2D eigenvalue weighted by atomic mass is 10.0. The van der Waals surface area contributed by atoms with Crippen molar-refractivity contribution < 1.29 is 14.3 Å². The second-order valence-electron chi connectivity index (χ2n) is 6.92. The molecule has 2 aromatic rings. The van der Waals surface area contributed by atoms with Crippen LogP contribution in [0.2, 0.25) is 0 Å². The number of carbonyl (C=O) groups excluding carboxylic acids is 2. The number of methoxy groups -OCH3 is 1. The third-order valence-electron chi connectivity index (χ3n) is 5.32. The zero-order valence-corrected chi connectivity index (χ0v) is 17.9. The van der Waals surface area contributed by atoms with Crippen molar-refractivity contribution in [2.24, 2.45) is 0 Å². The fourth-order valence-electron chi connectivity index (χ4n) is 3.60.